The largest absolute Gasteiger partial charge is 0.481 e. The lowest BCUT2D eigenvalue weighted by Crippen LogP contribution is -2.25. The van der Waals surface area contributed by atoms with Gasteiger partial charge in [0, 0.05) is 5.70 Å². The first-order chi connectivity index (χ1) is 14.9. The second-order valence-corrected chi connectivity index (χ2v) is 10.0. The summed E-state index contributed by atoms with van der Waals surface area (Å²) >= 11 is 0. The van der Waals surface area contributed by atoms with Crippen molar-refractivity contribution in [3.05, 3.63) is 71.0 Å². The zero-order valence-electron chi connectivity index (χ0n) is 20.9. The van der Waals surface area contributed by atoms with Crippen LogP contribution >= 0.6 is 0 Å². The average molecular weight is 440 g/mol. The third-order valence-electron chi connectivity index (χ3n) is 5.31. The van der Waals surface area contributed by atoms with Crippen LogP contribution in [0.3, 0.4) is 0 Å². The van der Waals surface area contributed by atoms with Crippen molar-refractivity contribution in [2.75, 3.05) is 0 Å². The third kappa shape index (κ3) is 10.6. The molecule has 0 fully saturated rings. The molecule has 0 aromatic rings. The minimum Gasteiger partial charge on any atom is -0.481 e. The SMILES string of the molecule is CCC(C)CC1=C(NC(=O)CC(=O)O)C=C(CC(C)C)C=CC(C(C)(C)C)=CC=CC=C1. The maximum atomic E-state index is 12.4. The van der Waals surface area contributed by atoms with Crippen molar-refractivity contribution in [3.63, 3.8) is 0 Å². The Hall–Kier alpha value is -2.62. The Kier molecular flexibility index (Phi) is 11.2. The van der Waals surface area contributed by atoms with E-state index in [4.69, 9.17) is 5.11 Å². The molecular weight excluding hydrogens is 398 g/mol. The standard InChI is InChI=1S/C28H41NO3/c1-8-21(4)17-23-12-10-9-11-13-24(28(5,6)7)15-14-22(16-20(2)3)18-25(23)29-26(30)19-27(31)32/h9-15,18,20-21H,8,16-17,19H2,1-7H3,(H,29,30)(H,31,32). The lowest BCUT2D eigenvalue weighted by molar-refractivity contribution is -0.140. The van der Waals surface area contributed by atoms with E-state index < -0.39 is 18.3 Å². The molecule has 4 heteroatoms. The highest BCUT2D eigenvalue weighted by Gasteiger charge is 2.16. The molecular formula is C28H41NO3. The first kappa shape index (κ1) is 27.4. The summed E-state index contributed by atoms with van der Waals surface area (Å²) in [6, 6.07) is 0. The van der Waals surface area contributed by atoms with Gasteiger partial charge in [0.1, 0.15) is 6.42 Å². The van der Waals surface area contributed by atoms with Gasteiger partial charge in [-0.1, -0.05) is 97.4 Å². The van der Waals surface area contributed by atoms with Crippen LogP contribution in [0, 0.1) is 17.3 Å². The second kappa shape index (κ2) is 13.0. The highest BCUT2D eigenvalue weighted by molar-refractivity contribution is 5.94. The molecule has 32 heavy (non-hydrogen) atoms. The van der Waals surface area contributed by atoms with Gasteiger partial charge in [-0.2, -0.15) is 0 Å². The first-order valence-corrected chi connectivity index (χ1v) is 11.6. The number of carbonyl (C=O) groups is 2. The molecule has 0 radical (unpaired) electrons. The van der Waals surface area contributed by atoms with Crippen LogP contribution in [0.4, 0.5) is 0 Å². The van der Waals surface area contributed by atoms with Crippen molar-refractivity contribution in [1.29, 1.82) is 0 Å². The van der Waals surface area contributed by atoms with Crippen molar-refractivity contribution < 1.29 is 14.7 Å². The van der Waals surface area contributed by atoms with Crippen LogP contribution < -0.4 is 5.32 Å². The summed E-state index contributed by atoms with van der Waals surface area (Å²) in [7, 11) is 0. The van der Waals surface area contributed by atoms with Crippen LogP contribution in [0.1, 0.15) is 74.1 Å². The predicted octanol–water partition coefficient (Wildman–Crippen LogP) is 6.89. The van der Waals surface area contributed by atoms with Gasteiger partial charge in [-0.3, -0.25) is 9.59 Å². The summed E-state index contributed by atoms with van der Waals surface area (Å²) < 4.78 is 0. The molecule has 2 N–H and O–H groups in total. The summed E-state index contributed by atoms with van der Waals surface area (Å²) in [6.07, 6.45) is 18.6. The quantitative estimate of drug-likeness (QED) is 0.404. The van der Waals surface area contributed by atoms with Gasteiger partial charge in [-0.25, -0.2) is 0 Å². The van der Waals surface area contributed by atoms with Crippen LogP contribution in [0.5, 0.6) is 0 Å². The minimum atomic E-state index is -1.13. The van der Waals surface area contributed by atoms with E-state index in [9.17, 15) is 9.59 Å². The van der Waals surface area contributed by atoms with E-state index in [0.29, 0.717) is 17.5 Å². The Labute approximate surface area is 194 Å². The first-order valence-electron chi connectivity index (χ1n) is 11.6. The Morgan fingerprint density at radius 3 is 2.25 bits per heavy atom. The van der Waals surface area contributed by atoms with Crippen LogP contribution in [-0.2, 0) is 9.59 Å². The lowest BCUT2D eigenvalue weighted by Gasteiger charge is -2.21. The van der Waals surface area contributed by atoms with Crippen LogP contribution in [0.15, 0.2) is 71.0 Å². The number of aliphatic carboxylic acids is 1. The Bertz CT molecular complexity index is 842. The van der Waals surface area contributed by atoms with E-state index in [2.05, 4.69) is 72.0 Å². The van der Waals surface area contributed by atoms with Crippen molar-refractivity contribution >= 4 is 11.9 Å². The van der Waals surface area contributed by atoms with Gasteiger partial charge in [0.2, 0.25) is 5.91 Å². The number of allylic oxidation sites excluding steroid dienone is 11. The number of amides is 1. The maximum absolute atomic E-state index is 12.4. The van der Waals surface area contributed by atoms with E-state index >= 15 is 0 Å². The number of carboxylic acid groups (broad SMARTS) is 1. The van der Waals surface area contributed by atoms with Crippen molar-refractivity contribution in [3.8, 4) is 0 Å². The summed E-state index contributed by atoms with van der Waals surface area (Å²) in [6.45, 7) is 15.2. The Balaban J connectivity index is 3.64. The van der Waals surface area contributed by atoms with Crippen molar-refractivity contribution in [1.82, 2.24) is 5.32 Å². The van der Waals surface area contributed by atoms with Crippen LogP contribution in [0.25, 0.3) is 0 Å². The van der Waals surface area contributed by atoms with E-state index in [0.717, 1.165) is 30.4 Å². The van der Waals surface area contributed by atoms with Crippen LogP contribution in [0.2, 0.25) is 0 Å². The molecule has 1 aliphatic rings. The molecule has 1 unspecified atom stereocenters. The fourth-order valence-corrected chi connectivity index (χ4v) is 3.31. The molecule has 176 valence electrons. The summed E-state index contributed by atoms with van der Waals surface area (Å²) in [5.41, 5.74) is 3.98. The molecule has 1 amide bonds. The van der Waals surface area contributed by atoms with Gasteiger partial charge >= 0.3 is 5.97 Å². The summed E-state index contributed by atoms with van der Waals surface area (Å²) in [5, 5.41) is 11.9. The fourth-order valence-electron chi connectivity index (χ4n) is 3.31. The van der Waals surface area contributed by atoms with E-state index in [1.807, 2.05) is 30.4 Å². The van der Waals surface area contributed by atoms with Gasteiger partial charge in [-0.15, -0.1) is 0 Å². The number of nitrogens with one attached hydrogen (secondary N) is 1. The number of hydrogen-bond donors (Lipinski definition) is 2. The smallest absolute Gasteiger partial charge is 0.312 e. The molecule has 0 bridgehead atoms. The number of rotatable bonds is 8. The minimum absolute atomic E-state index is 0.00625. The average Bonchev–Trinajstić information content (AvgIpc) is 2.64. The zero-order chi connectivity index (χ0) is 24.3. The molecule has 1 rings (SSSR count). The van der Waals surface area contributed by atoms with E-state index in [-0.39, 0.29) is 5.41 Å². The molecule has 4 nitrogen and oxygen atoms in total. The number of hydrogen-bond acceptors (Lipinski definition) is 2. The zero-order valence-corrected chi connectivity index (χ0v) is 20.9. The predicted molar refractivity (Wildman–Crippen MR) is 134 cm³/mol. The molecule has 1 aliphatic carbocycles. The second-order valence-electron chi connectivity index (χ2n) is 10.0. The maximum Gasteiger partial charge on any atom is 0.312 e. The molecule has 0 saturated heterocycles. The Morgan fingerprint density at radius 2 is 1.69 bits per heavy atom. The molecule has 0 aliphatic heterocycles. The molecule has 0 saturated carbocycles. The molecule has 0 aromatic heterocycles. The van der Waals surface area contributed by atoms with Gasteiger partial charge in [-0.05, 0) is 52.9 Å². The van der Waals surface area contributed by atoms with Crippen LogP contribution in [-0.4, -0.2) is 17.0 Å². The summed E-state index contributed by atoms with van der Waals surface area (Å²) in [4.78, 5) is 23.5. The fraction of sp³-hybridized carbons (Fsp3) is 0.500. The van der Waals surface area contributed by atoms with Gasteiger partial charge in [0.15, 0.2) is 0 Å². The molecule has 1 atom stereocenters. The van der Waals surface area contributed by atoms with E-state index in [1.54, 1.807) is 0 Å². The lowest BCUT2D eigenvalue weighted by atomic mass is 9.85. The molecule has 0 heterocycles. The topological polar surface area (TPSA) is 66.4 Å². The highest BCUT2D eigenvalue weighted by Crippen LogP contribution is 2.28. The molecule has 0 spiro atoms. The monoisotopic (exact) mass is 439 g/mol. The van der Waals surface area contributed by atoms with Crippen molar-refractivity contribution in [2.24, 2.45) is 17.3 Å². The number of carbonyl (C=O) groups excluding carboxylic acids is 1. The normalized spacial score (nSPS) is 16.2. The van der Waals surface area contributed by atoms with Gasteiger partial charge in [0.25, 0.3) is 0 Å². The number of carboxylic acids is 1. The third-order valence-corrected chi connectivity index (χ3v) is 5.31. The highest BCUT2D eigenvalue weighted by atomic mass is 16.4. The molecule has 0 aromatic carbocycles. The summed E-state index contributed by atoms with van der Waals surface area (Å²) in [5.74, 6) is -0.776. The van der Waals surface area contributed by atoms with Gasteiger partial charge < -0.3 is 10.4 Å². The van der Waals surface area contributed by atoms with Gasteiger partial charge in [0.05, 0.1) is 0 Å². The Morgan fingerprint density at radius 1 is 1.00 bits per heavy atom. The van der Waals surface area contributed by atoms with Crippen molar-refractivity contribution in [2.45, 2.75) is 74.1 Å². The van der Waals surface area contributed by atoms with E-state index in [1.165, 1.54) is 5.57 Å².